The Morgan fingerprint density at radius 1 is 1.47 bits per heavy atom. The summed E-state index contributed by atoms with van der Waals surface area (Å²) in [5, 5.41) is 6.82. The van der Waals surface area contributed by atoms with E-state index in [-0.39, 0.29) is 0 Å². The Labute approximate surface area is 95.0 Å². The minimum Gasteiger partial charge on any atom is -0.377 e. The van der Waals surface area contributed by atoms with Crippen LogP contribution in [0, 0.1) is 0 Å². The highest BCUT2D eigenvalue weighted by Gasteiger charge is 2.06. The van der Waals surface area contributed by atoms with Crippen LogP contribution in [0.2, 0.25) is 0 Å². The Morgan fingerprint density at radius 2 is 2.33 bits per heavy atom. The summed E-state index contributed by atoms with van der Waals surface area (Å²) in [6, 6.07) is 3.75. The lowest BCUT2D eigenvalue weighted by molar-refractivity contribution is 0.178. The van der Waals surface area contributed by atoms with E-state index in [2.05, 4.69) is 36.1 Å². The lowest BCUT2D eigenvalue weighted by Crippen LogP contribution is -1.89. The number of aromatic amines is 1. The zero-order valence-electron chi connectivity index (χ0n) is 8.07. The molecule has 78 valence electrons. The van der Waals surface area contributed by atoms with Gasteiger partial charge < -0.3 is 4.74 Å². The molecular weight excluding hydrogens is 260 g/mol. The van der Waals surface area contributed by atoms with E-state index in [9.17, 15) is 0 Å². The Bertz CT molecular complexity index is 440. The molecule has 0 spiro atoms. The first-order valence-corrected chi connectivity index (χ1v) is 5.11. The maximum absolute atomic E-state index is 4.93. The van der Waals surface area contributed by atoms with Crippen molar-refractivity contribution >= 4 is 15.9 Å². The summed E-state index contributed by atoms with van der Waals surface area (Å²) in [5.41, 5.74) is 0.733. The van der Waals surface area contributed by atoms with Gasteiger partial charge >= 0.3 is 0 Å². The number of rotatable bonds is 3. The molecule has 0 aliphatic heterocycles. The molecule has 0 amide bonds. The van der Waals surface area contributed by atoms with Gasteiger partial charge in [0.25, 0.3) is 0 Å². The van der Waals surface area contributed by atoms with Crippen LogP contribution >= 0.6 is 15.9 Å². The lowest BCUT2D eigenvalue weighted by atomic mass is 10.3. The van der Waals surface area contributed by atoms with E-state index in [4.69, 9.17) is 4.74 Å². The van der Waals surface area contributed by atoms with Crippen LogP contribution in [0.25, 0.3) is 11.5 Å². The van der Waals surface area contributed by atoms with E-state index in [1.165, 1.54) is 0 Å². The molecule has 5 nitrogen and oxygen atoms in total. The number of nitrogens with one attached hydrogen (secondary N) is 1. The molecule has 2 aromatic rings. The highest BCUT2D eigenvalue weighted by atomic mass is 79.9. The van der Waals surface area contributed by atoms with Crippen molar-refractivity contribution < 1.29 is 4.74 Å². The van der Waals surface area contributed by atoms with Crippen molar-refractivity contribution in [3.63, 3.8) is 0 Å². The summed E-state index contributed by atoms with van der Waals surface area (Å²) in [6.07, 6.45) is 1.71. The van der Waals surface area contributed by atoms with Gasteiger partial charge in [-0.1, -0.05) is 0 Å². The van der Waals surface area contributed by atoms with Crippen molar-refractivity contribution in [1.82, 2.24) is 20.2 Å². The summed E-state index contributed by atoms with van der Waals surface area (Å²) < 4.78 is 5.86. The van der Waals surface area contributed by atoms with Crippen molar-refractivity contribution in [2.75, 3.05) is 7.11 Å². The molecule has 2 rings (SSSR count). The fourth-order valence-corrected chi connectivity index (χ4v) is 1.35. The van der Waals surface area contributed by atoms with Crippen LogP contribution in [-0.4, -0.2) is 27.3 Å². The second-order valence-corrected chi connectivity index (χ2v) is 3.82. The molecular formula is C9H9BrN4O. The van der Waals surface area contributed by atoms with Crippen LogP contribution in [-0.2, 0) is 11.3 Å². The minimum atomic E-state index is 0.420. The number of aromatic nitrogens is 4. The van der Waals surface area contributed by atoms with Crippen LogP contribution in [0.4, 0.5) is 0 Å². The van der Waals surface area contributed by atoms with E-state index < -0.39 is 0 Å². The normalized spacial score (nSPS) is 10.5. The van der Waals surface area contributed by atoms with Crippen molar-refractivity contribution in [2.24, 2.45) is 0 Å². The molecule has 0 fully saturated rings. The molecule has 6 heteroatoms. The van der Waals surface area contributed by atoms with Gasteiger partial charge in [0.15, 0.2) is 11.6 Å². The number of pyridine rings is 1. The summed E-state index contributed by atoms with van der Waals surface area (Å²) in [4.78, 5) is 8.42. The van der Waals surface area contributed by atoms with Gasteiger partial charge in [0, 0.05) is 17.8 Å². The van der Waals surface area contributed by atoms with E-state index in [0.717, 1.165) is 10.2 Å². The summed E-state index contributed by atoms with van der Waals surface area (Å²) in [7, 11) is 1.61. The van der Waals surface area contributed by atoms with E-state index in [1.54, 1.807) is 13.3 Å². The molecule has 0 saturated heterocycles. The van der Waals surface area contributed by atoms with Gasteiger partial charge in [0.2, 0.25) is 0 Å². The second-order valence-electron chi connectivity index (χ2n) is 2.90. The number of hydrogen-bond donors (Lipinski definition) is 1. The Morgan fingerprint density at radius 3 is 3.00 bits per heavy atom. The quantitative estimate of drug-likeness (QED) is 0.922. The Kier molecular flexibility index (Phi) is 3.08. The highest BCUT2D eigenvalue weighted by molar-refractivity contribution is 9.10. The molecule has 0 atom stereocenters. The van der Waals surface area contributed by atoms with Gasteiger partial charge in [-0.05, 0) is 28.1 Å². The smallest absolute Gasteiger partial charge is 0.199 e. The Hall–Kier alpha value is -1.27. The predicted molar refractivity (Wildman–Crippen MR) is 58.0 cm³/mol. The molecule has 0 unspecified atom stereocenters. The second kappa shape index (κ2) is 4.50. The van der Waals surface area contributed by atoms with Gasteiger partial charge in [0.05, 0.1) is 0 Å². The molecule has 15 heavy (non-hydrogen) atoms. The summed E-state index contributed by atoms with van der Waals surface area (Å²) >= 11 is 3.32. The first kappa shape index (κ1) is 10.3. The third-order valence-electron chi connectivity index (χ3n) is 1.77. The SMILES string of the molecule is COCc1nc(-c2ccc(Br)cn2)n[nH]1. The topological polar surface area (TPSA) is 63.7 Å². The first-order chi connectivity index (χ1) is 7.29. The average Bonchev–Trinajstić information content (AvgIpc) is 2.68. The first-order valence-electron chi connectivity index (χ1n) is 4.32. The number of ether oxygens (including phenoxy) is 1. The predicted octanol–water partition coefficient (Wildman–Crippen LogP) is 1.78. The highest BCUT2D eigenvalue weighted by Crippen LogP contribution is 2.14. The van der Waals surface area contributed by atoms with Gasteiger partial charge in [-0.15, -0.1) is 0 Å². The van der Waals surface area contributed by atoms with Crippen molar-refractivity contribution in [3.05, 3.63) is 28.6 Å². The maximum Gasteiger partial charge on any atom is 0.199 e. The van der Waals surface area contributed by atoms with E-state index in [1.807, 2.05) is 12.1 Å². The van der Waals surface area contributed by atoms with Crippen molar-refractivity contribution in [1.29, 1.82) is 0 Å². The Balaban J connectivity index is 2.25. The molecule has 1 N–H and O–H groups in total. The minimum absolute atomic E-state index is 0.420. The largest absolute Gasteiger partial charge is 0.377 e. The summed E-state index contributed by atoms with van der Waals surface area (Å²) in [6.45, 7) is 0.420. The molecule has 2 aromatic heterocycles. The van der Waals surface area contributed by atoms with Gasteiger partial charge in [0.1, 0.15) is 12.3 Å². The summed E-state index contributed by atoms with van der Waals surface area (Å²) in [5.74, 6) is 1.27. The van der Waals surface area contributed by atoms with Gasteiger partial charge in [-0.2, -0.15) is 5.10 Å². The lowest BCUT2D eigenvalue weighted by Gasteiger charge is -1.93. The molecule has 0 aromatic carbocycles. The van der Waals surface area contributed by atoms with Crippen LogP contribution in [0.15, 0.2) is 22.8 Å². The number of halogens is 1. The van der Waals surface area contributed by atoms with Gasteiger partial charge in [-0.25, -0.2) is 4.98 Å². The molecule has 0 aliphatic carbocycles. The maximum atomic E-state index is 4.93. The number of nitrogens with zero attached hydrogens (tertiary/aromatic N) is 3. The third-order valence-corrected chi connectivity index (χ3v) is 2.24. The molecule has 0 saturated carbocycles. The van der Waals surface area contributed by atoms with Crippen molar-refractivity contribution in [3.8, 4) is 11.5 Å². The van der Waals surface area contributed by atoms with Crippen LogP contribution in [0.1, 0.15) is 5.82 Å². The van der Waals surface area contributed by atoms with Gasteiger partial charge in [-0.3, -0.25) is 10.1 Å². The molecule has 0 bridgehead atoms. The van der Waals surface area contributed by atoms with E-state index in [0.29, 0.717) is 18.3 Å². The van der Waals surface area contributed by atoms with Crippen LogP contribution in [0.5, 0.6) is 0 Å². The average molecular weight is 269 g/mol. The zero-order valence-corrected chi connectivity index (χ0v) is 9.65. The number of H-pyrrole nitrogens is 1. The van der Waals surface area contributed by atoms with Crippen molar-refractivity contribution in [2.45, 2.75) is 6.61 Å². The van der Waals surface area contributed by atoms with Crippen LogP contribution < -0.4 is 0 Å². The number of hydrogen-bond acceptors (Lipinski definition) is 4. The molecule has 0 aliphatic rings. The number of methoxy groups -OCH3 is 1. The molecule has 2 heterocycles. The fraction of sp³-hybridized carbons (Fsp3) is 0.222. The molecule has 0 radical (unpaired) electrons. The zero-order chi connectivity index (χ0) is 10.7. The van der Waals surface area contributed by atoms with E-state index >= 15 is 0 Å². The standard InChI is InChI=1S/C9H9BrN4O/c1-15-5-8-12-9(14-13-8)7-3-2-6(10)4-11-7/h2-4H,5H2,1H3,(H,12,13,14). The van der Waals surface area contributed by atoms with Crippen LogP contribution in [0.3, 0.4) is 0 Å². The fourth-order valence-electron chi connectivity index (χ4n) is 1.12. The third kappa shape index (κ3) is 2.40. The monoisotopic (exact) mass is 268 g/mol.